The van der Waals surface area contributed by atoms with Crippen LogP contribution in [0.2, 0.25) is 0 Å². The molecule has 98 valence electrons. The standard InChI is InChI=1S/C12H16N2O3S/c1-8-5-4-6-10(14(16)17)11(8)12(15)13-9(2)7-18-3/h4-6,9H,7H2,1-3H3,(H,13,15)/t9-/m1/s1. The van der Waals surface area contributed by atoms with Crippen molar-refractivity contribution in [1.29, 1.82) is 0 Å². The van der Waals surface area contributed by atoms with Crippen LogP contribution >= 0.6 is 11.8 Å². The molecule has 0 heterocycles. The predicted octanol–water partition coefficient (Wildman–Crippen LogP) is 2.38. The minimum atomic E-state index is -0.527. The predicted molar refractivity (Wildman–Crippen MR) is 73.1 cm³/mol. The summed E-state index contributed by atoms with van der Waals surface area (Å²) in [4.78, 5) is 22.4. The molecular formula is C12H16N2O3S. The Kier molecular flexibility index (Phi) is 5.15. The van der Waals surface area contributed by atoms with Crippen molar-refractivity contribution in [3.05, 3.63) is 39.4 Å². The molecule has 1 rings (SSSR count). The molecule has 18 heavy (non-hydrogen) atoms. The minimum Gasteiger partial charge on any atom is -0.349 e. The summed E-state index contributed by atoms with van der Waals surface area (Å²) >= 11 is 1.61. The second-order valence-corrected chi connectivity index (χ2v) is 4.97. The lowest BCUT2D eigenvalue weighted by molar-refractivity contribution is -0.385. The van der Waals surface area contributed by atoms with E-state index < -0.39 is 4.92 Å². The van der Waals surface area contributed by atoms with Gasteiger partial charge >= 0.3 is 0 Å². The molecule has 0 radical (unpaired) electrons. The highest BCUT2D eigenvalue weighted by Gasteiger charge is 2.22. The molecule has 1 N–H and O–H groups in total. The molecule has 0 aliphatic rings. The van der Waals surface area contributed by atoms with Crippen molar-refractivity contribution in [2.75, 3.05) is 12.0 Å². The van der Waals surface area contributed by atoms with Crippen LogP contribution in [0.5, 0.6) is 0 Å². The van der Waals surface area contributed by atoms with Crippen molar-refractivity contribution >= 4 is 23.4 Å². The number of hydrogen-bond donors (Lipinski definition) is 1. The van der Waals surface area contributed by atoms with Crippen molar-refractivity contribution < 1.29 is 9.72 Å². The Morgan fingerprint density at radius 2 is 2.22 bits per heavy atom. The van der Waals surface area contributed by atoms with Gasteiger partial charge in [0, 0.05) is 17.9 Å². The number of benzene rings is 1. The molecule has 0 aromatic heterocycles. The number of nitro benzene ring substituents is 1. The van der Waals surface area contributed by atoms with E-state index >= 15 is 0 Å². The normalized spacial score (nSPS) is 11.9. The summed E-state index contributed by atoms with van der Waals surface area (Å²) in [6, 6.07) is 4.60. The van der Waals surface area contributed by atoms with Crippen LogP contribution in [0.1, 0.15) is 22.8 Å². The van der Waals surface area contributed by atoms with Crippen LogP contribution in [-0.4, -0.2) is 28.9 Å². The molecule has 1 atom stereocenters. The number of carbonyl (C=O) groups excluding carboxylic acids is 1. The number of nitrogens with zero attached hydrogens (tertiary/aromatic N) is 1. The van der Waals surface area contributed by atoms with Gasteiger partial charge in [0.15, 0.2) is 0 Å². The maximum atomic E-state index is 12.1. The number of rotatable bonds is 5. The minimum absolute atomic E-state index is 0.0216. The molecule has 0 aliphatic carbocycles. The average Bonchev–Trinajstić information content (AvgIpc) is 2.28. The summed E-state index contributed by atoms with van der Waals surface area (Å²) in [5.41, 5.74) is 0.609. The van der Waals surface area contributed by atoms with Gasteiger partial charge in [0.1, 0.15) is 5.56 Å². The van der Waals surface area contributed by atoms with Gasteiger partial charge in [-0.15, -0.1) is 0 Å². The highest BCUT2D eigenvalue weighted by molar-refractivity contribution is 7.98. The van der Waals surface area contributed by atoms with Crippen molar-refractivity contribution in [2.24, 2.45) is 0 Å². The van der Waals surface area contributed by atoms with Gasteiger partial charge in [-0.25, -0.2) is 0 Å². The summed E-state index contributed by atoms with van der Waals surface area (Å²) < 4.78 is 0. The lowest BCUT2D eigenvalue weighted by Crippen LogP contribution is -2.35. The first-order valence-electron chi connectivity index (χ1n) is 5.51. The van der Waals surface area contributed by atoms with Crippen LogP contribution in [0.25, 0.3) is 0 Å². The Morgan fingerprint density at radius 1 is 1.56 bits per heavy atom. The third-order valence-corrected chi connectivity index (χ3v) is 3.30. The van der Waals surface area contributed by atoms with E-state index in [4.69, 9.17) is 0 Å². The molecule has 0 fully saturated rings. The molecule has 6 heteroatoms. The highest BCUT2D eigenvalue weighted by Crippen LogP contribution is 2.21. The summed E-state index contributed by atoms with van der Waals surface area (Å²) in [6.45, 7) is 3.57. The number of carbonyl (C=O) groups is 1. The van der Waals surface area contributed by atoms with Crippen molar-refractivity contribution in [3.63, 3.8) is 0 Å². The SMILES string of the molecule is CSC[C@@H](C)NC(=O)c1c(C)cccc1[N+](=O)[O-]. The lowest BCUT2D eigenvalue weighted by Gasteiger charge is -2.13. The number of hydrogen-bond acceptors (Lipinski definition) is 4. The topological polar surface area (TPSA) is 72.2 Å². The molecular weight excluding hydrogens is 252 g/mol. The first kappa shape index (κ1) is 14.5. The molecule has 1 aromatic rings. The first-order valence-corrected chi connectivity index (χ1v) is 6.90. The van der Waals surface area contributed by atoms with Crippen molar-refractivity contribution in [2.45, 2.75) is 19.9 Å². The summed E-state index contributed by atoms with van der Waals surface area (Å²) in [6.07, 6.45) is 1.94. The van der Waals surface area contributed by atoms with Gasteiger partial charge in [0.2, 0.25) is 0 Å². The fraction of sp³-hybridized carbons (Fsp3) is 0.417. The molecule has 0 bridgehead atoms. The zero-order valence-corrected chi connectivity index (χ0v) is 11.4. The molecule has 0 aliphatic heterocycles. The molecule has 0 saturated carbocycles. The van der Waals surface area contributed by atoms with E-state index in [1.54, 1.807) is 30.8 Å². The maximum absolute atomic E-state index is 12.1. The fourth-order valence-electron chi connectivity index (χ4n) is 1.69. The highest BCUT2D eigenvalue weighted by atomic mass is 32.2. The van der Waals surface area contributed by atoms with E-state index in [-0.39, 0.29) is 23.2 Å². The van der Waals surface area contributed by atoms with E-state index in [1.807, 2.05) is 13.2 Å². The molecule has 0 spiro atoms. The maximum Gasteiger partial charge on any atom is 0.282 e. The number of nitrogens with one attached hydrogen (secondary N) is 1. The van der Waals surface area contributed by atoms with Crippen molar-refractivity contribution in [1.82, 2.24) is 5.32 Å². The quantitative estimate of drug-likeness (QED) is 0.657. The number of amides is 1. The van der Waals surface area contributed by atoms with Crippen LogP contribution in [0.4, 0.5) is 5.69 Å². The smallest absolute Gasteiger partial charge is 0.282 e. The number of thioether (sulfide) groups is 1. The molecule has 1 amide bonds. The zero-order valence-electron chi connectivity index (χ0n) is 10.6. The van der Waals surface area contributed by atoms with E-state index in [2.05, 4.69) is 5.32 Å². The van der Waals surface area contributed by atoms with Crippen LogP contribution in [0.15, 0.2) is 18.2 Å². The van der Waals surface area contributed by atoms with E-state index in [0.717, 1.165) is 5.75 Å². The van der Waals surface area contributed by atoms with Gasteiger partial charge in [-0.05, 0) is 25.7 Å². The Labute approximate surface area is 110 Å². The van der Waals surface area contributed by atoms with Crippen LogP contribution in [0.3, 0.4) is 0 Å². The van der Waals surface area contributed by atoms with Gasteiger partial charge in [-0.1, -0.05) is 12.1 Å². The second-order valence-electron chi connectivity index (χ2n) is 4.06. The fourth-order valence-corrected chi connectivity index (χ4v) is 2.27. The number of aryl methyl sites for hydroxylation is 1. The lowest BCUT2D eigenvalue weighted by atomic mass is 10.1. The average molecular weight is 268 g/mol. The van der Waals surface area contributed by atoms with E-state index in [1.165, 1.54) is 6.07 Å². The molecule has 1 aromatic carbocycles. The molecule has 0 unspecified atom stereocenters. The van der Waals surface area contributed by atoms with Gasteiger partial charge in [-0.3, -0.25) is 14.9 Å². The summed E-state index contributed by atoms with van der Waals surface area (Å²) in [5.74, 6) is 0.382. The Morgan fingerprint density at radius 3 is 2.78 bits per heavy atom. The largest absolute Gasteiger partial charge is 0.349 e. The first-order chi connectivity index (χ1) is 8.47. The Hall–Kier alpha value is -1.56. The number of nitro groups is 1. The summed E-state index contributed by atoms with van der Waals surface area (Å²) in [7, 11) is 0. The Bertz CT molecular complexity index is 463. The third-order valence-electron chi connectivity index (χ3n) is 2.47. The van der Waals surface area contributed by atoms with E-state index in [0.29, 0.717) is 5.56 Å². The molecule has 0 saturated heterocycles. The third kappa shape index (κ3) is 3.46. The van der Waals surface area contributed by atoms with Gasteiger partial charge in [0.25, 0.3) is 11.6 Å². The molecule has 5 nitrogen and oxygen atoms in total. The van der Waals surface area contributed by atoms with Gasteiger partial charge in [-0.2, -0.15) is 11.8 Å². The van der Waals surface area contributed by atoms with Gasteiger partial charge < -0.3 is 5.32 Å². The Balaban J connectivity index is 3.01. The van der Waals surface area contributed by atoms with Crippen LogP contribution < -0.4 is 5.32 Å². The van der Waals surface area contributed by atoms with Crippen molar-refractivity contribution in [3.8, 4) is 0 Å². The van der Waals surface area contributed by atoms with Gasteiger partial charge in [0.05, 0.1) is 4.92 Å². The zero-order chi connectivity index (χ0) is 13.7. The second kappa shape index (κ2) is 6.39. The summed E-state index contributed by atoms with van der Waals surface area (Å²) in [5, 5.41) is 13.7. The van der Waals surface area contributed by atoms with Crippen LogP contribution in [-0.2, 0) is 0 Å². The van der Waals surface area contributed by atoms with Crippen LogP contribution in [0, 0.1) is 17.0 Å². The monoisotopic (exact) mass is 268 g/mol. The van der Waals surface area contributed by atoms with E-state index in [9.17, 15) is 14.9 Å².